The van der Waals surface area contributed by atoms with Gasteiger partial charge in [0.1, 0.15) is 5.82 Å². The summed E-state index contributed by atoms with van der Waals surface area (Å²) in [5.74, 6) is 0.276. The summed E-state index contributed by atoms with van der Waals surface area (Å²) in [5, 5.41) is 3.12. The van der Waals surface area contributed by atoms with Gasteiger partial charge in [0, 0.05) is 18.7 Å². The molecule has 0 aliphatic heterocycles. The van der Waals surface area contributed by atoms with E-state index in [-0.39, 0.29) is 11.6 Å². The van der Waals surface area contributed by atoms with Crippen LogP contribution in [0.4, 0.5) is 10.3 Å². The van der Waals surface area contributed by atoms with Crippen molar-refractivity contribution in [2.24, 2.45) is 0 Å². The second-order valence-corrected chi connectivity index (χ2v) is 7.55. The van der Waals surface area contributed by atoms with Gasteiger partial charge >= 0.3 is 0 Å². The highest BCUT2D eigenvalue weighted by Gasteiger charge is 2.28. The Morgan fingerprint density at radius 3 is 2.24 bits per heavy atom. The molecular weight excluding hydrogens is 388 g/mol. The van der Waals surface area contributed by atoms with E-state index in [4.69, 9.17) is 34.8 Å². The van der Waals surface area contributed by atoms with E-state index in [2.05, 4.69) is 39.0 Å². The Morgan fingerprint density at radius 2 is 1.68 bits per heavy atom. The molecule has 0 fully saturated rings. The average molecular weight is 407 g/mol. The van der Waals surface area contributed by atoms with Crippen molar-refractivity contribution >= 4 is 40.8 Å². The number of hydrogen-bond acceptors (Lipinski definition) is 5. The first-order valence-electron chi connectivity index (χ1n) is 7.89. The van der Waals surface area contributed by atoms with Gasteiger partial charge in [-0.1, -0.05) is 48.7 Å². The van der Waals surface area contributed by atoms with E-state index in [9.17, 15) is 4.39 Å². The average Bonchev–Trinajstić information content (AvgIpc) is 2.58. The summed E-state index contributed by atoms with van der Waals surface area (Å²) in [5.41, 5.74) is 0.603. The third kappa shape index (κ3) is 5.92. The normalized spacial score (nSPS) is 11.8. The van der Waals surface area contributed by atoms with Crippen molar-refractivity contribution in [3.05, 3.63) is 35.9 Å². The molecule has 0 radical (unpaired) electrons. The highest BCUT2D eigenvalue weighted by atomic mass is 35.6. The number of hydrogen-bond donors (Lipinski definition) is 1. The van der Waals surface area contributed by atoms with Crippen LogP contribution < -0.4 is 5.32 Å². The Labute approximate surface area is 161 Å². The second-order valence-electron chi connectivity index (χ2n) is 5.26. The summed E-state index contributed by atoms with van der Waals surface area (Å²) >= 11 is 17.8. The number of aromatic nitrogens is 3. The van der Waals surface area contributed by atoms with Gasteiger partial charge in [-0.2, -0.15) is 9.97 Å². The van der Waals surface area contributed by atoms with Crippen LogP contribution in [0, 0.1) is 5.82 Å². The highest BCUT2D eigenvalue weighted by Crippen LogP contribution is 2.36. The van der Waals surface area contributed by atoms with Gasteiger partial charge < -0.3 is 10.2 Å². The molecule has 2 aromatic rings. The second kappa shape index (κ2) is 8.94. The van der Waals surface area contributed by atoms with Crippen LogP contribution in [0.3, 0.4) is 0 Å². The van der Waals surface area contributed by atoms with E-state index in [0.29, 0.717) is 23.9 Å². The molecule has 1 N–H and O–H groups in total. The van der Waals surface area contributed by atoms with Crippen molar-refractivity contribution in [1.82, 2.24) is 19.9 Å². The van der Waals surface area contributed by atoms with Gasteiger partial charge in [0.2, 0.25) is 9.74 Å². The zero-order valence-electron chi connectivity index (χ0n) is 13.9. The highest BCUT2D eigenvalue weighted by molar-refractivity contribution is 6.66. The van der Waals surface area contributed by atoms with E-state index in [1.807, 2.05) is 0 Å². The molecular formula is C16H19Cl3FN5. The first-order valence-corrected chi connectivity index (χ1v) is 9.02. The fourth-order valence-electron chi connectivity index (χ4n) is 2.18. The molecule has 0 saturated carbocycles. The van der Waals surface area contributed by atoms with E-state index in [0.717, 1.165) is 19.6 Å². The predicted octanol–water partition coefficient (Wildman–Crippen LogP) is 4.26. The Bertz CT molecular complexity index is 687. The largest absolute Gasteiger partial charge is 0.353 e. The van der Waals surface area contributed by atoms with Crippen molar-refractivity contribution in [1.29, 1.82) is 0 Å². The third-order valence-electron chi connectivity index (χ3n) is 3.60. The van der Waals surface area contributed by atoms with Crippen LogP contribution in [0.5, 0.6) is 0 Å². The summed E-state index contributed by atoms with van der Waals surface area (Å²) in [6.07, 6.45) is 0. The number of alkyl halides is 3. The Balaban J connectivity index is 2.26. The van der Waals surface area contributed by atoms with Crippen LogP contribution in [0.15, 0.2) is 24.3 Å². The maximum atomic E-state index is 13.1. The molecule has 1 aromatic carbocycles. The van der Waals surface area contributed by atoms with Crippen molar-refractivity contribution in [2.45, 2.75) is 17.6 Å². The van der Waals surface area contributed by atoms with Gasteiger partial charge in [-0.05, 0) is 37.4 Å². The molecule has 1 heterocycles. The van der Waals surface area contributed by atoms with Crippen molar-refractivity contribution in [3.8, 4) is 11.4 Å². The SMILES string of the molecule is CCN(CC)CCNc1nc(-c2ccc(F)cc2)nc(C(Cl)(Cl)Cl)n1. The number of likely N-dealkylation sites (N-methyl/N-ethyl adjacent to an activating group) is 1. The lowest BCUT2D eigenvalue weighted by atomic mass is 10.2. The lowest BCUT2D eigenvalue weighted by Crippen LogP contribution is -2.29. The molecule has 0 spiro atoms. The zero-order chi connectivity index (χ0) is 18.4. The van der Waals surface area contributed by atoms with E-state index >= 15 is 0 Å². The zero-order valence-corrected chi connectivity index (χ0v) is 16.2. The minimum absolute atomic E-state index is 0.0113. The van der Waals surface area contributed by atoms with Gasteiger partial charge in [-0.25, -0.2) is 9.37 Å². The molecule has 9 heteroatoms. The standard InChI is InChI=1S/C16H19Cl3FN5/c1-3-25(4-2)10-9-21-15-23-13(11-5-7-12(20)8-6-11)22-14(24-15)16(17,18)19/h5-8H,3-4,9-10H2,1-2H3,(H,21,22,23,24). The van der Waals surface area contributed by atoms with E-state index in [1.165, 1.54) is 12.1 Å². The van der Waals surface area contributed by atoms with Gasteiger partial charge in [0.05, 0.1) is 0 Å². The number of halogens is 4. The molecule has 136 valence electrons. The first kappa shape index (κ1) is 20.1. The van der Waals surface area contributed by atoms with Crippen LogP contribution >= 0.6 is 34.8 Å². The molecule has 0 aliphatic rings. The summed E-state index contributed by atoms with van der Waals surface area (Å²) in [6.45, 7) is 7.56. The molecule has 2 rings (SSSR count). The number of nitrogens with zero attached hydrogens (tertiary/aromatic N) is 4. The molecule has 0 saturated heterocycles. The number of anilines is 1. The Kier molecular flexibility index (Phi) is 7.19. The van der Waals surface area contributed by atoms with Crippen LogP contribution in [0.1, 0.15) is 19.7 Å². The maximum absolute atomic E-state index is 13.1. The molecule has 25 heavy (non-hydrogen) atoms. The molecule has 0 aliphatic carbocycles. The monoisotopic (exact) mass is 405 g/mol. The first-order chi connectivity index (χ1) is 11.8. The van der Waals surface area contributed by atoms with Gasteiger partial charge in [0.15, 0.2) is 11.6 Å². The van der Waals surface area contributed by atoms with Crippen LogP contribution in [0.2, 0.25) is 0 Å². The van der Waals surface area contributed by atoms with Crippen LogP contribution in [-0.2, 0) is 3.79 Å². The molecule has 0 unspecified atom stereocenters. The van der Waals surface area contributed by atoms with Crippen LogP contribution in [0.25, 0.3) is 11.4 Å². The van der Waals surface area contributed by atoms with Crippen LogP contribution in [-0.4, -0.2) is 46.0 Å². The lowest BCUT2D eigenvalue weighted by Gasteiger charge is -2.18. The van der Waals surface area contributed by atoms with Gasteiger partial charge in [-0.15, -0.1) is 0 Å². The Hall–Kier alpha value is -1.21. The van der Waals surface area contributed by atoms with E-state index < -0.39 is 3.79 Å². The minimum atomic E-state index is -1.78. The van der Waals surface area contributed by atoms with Crippen molar-refractivity contribution < 1.29 is 4.39 Å². The Morgan fingerprint density at radius 1 is 1.04 bits per heavy atom. The van der Waals surface area contributed by atoms with Gasteiger partial charge in [-0.3, -0.25) is 0 Å². The number of benzene rings is 1. The van der Waals surface area contributed by atoms with Gasteiger partial charge in [0.25, 0.3) is 0 Å². The molecule has 0 bridgehead atoms. The summed E-state index contributed by atoms with van der Waals surface area (Å²) in [6, 6.07) is 5.77. The van der Waals surface area contributed by atoms with Crippen molar-refractivity contribution in [3.63, 3.8) is 0 Å². The smallest absolute Gasteiger partial charge is 0.250 e. The number of nitrogens with one attached hydrogen (secondary N) is 1. The minimum Gasteiger partial charge on any atom is -0.353 e. The van der Waals surface area contributed by atoms with Crippen molar-refractivity contribution in [2.75, 3.05) is 31.5 Å². The number of rotatable bonds is 7. The predicted molar refractivity (Wildman–Crippen MR) is 101 cm³/mol. The summed E-state index contributed by atoms with van der Waals surface area (Å²) in [4.78, 5) is 15.0. The summed E-state index contributed by atoms with van der Waals surface area (Å²) < 4.78 is 11.3. The lowest BCUT2D eigenvalue weighted by molar-refractivity contribution is 0.316. The molecule has 5 nitrogen and oxygen atoms in total. The topological polar surface area (TPSA) is 53.9 Å². The maximum Gasteiger partial charge on any atom is 0.250 e. The van der Waals surface area contributed by atoms with E-state index in [1.54, 1.807) is 12.1 Å². The quantitative estimate of drug-likeness (QED) is 0.696. The fraction of sp³-hybridized carbons (Fsp3) is 0.438. The molecule has 0 atom stereocenters. The molecule has 0 amide bonds. The summed E-state index contributed by atoms with van der Waals surface area (Å²) in [7, 11) is 0. The fourth-order valence-corrected chi connectivity index (χ4v) is 2.43. The molecule has 1 aromatic heterocycles. The third-order valence-corrected chi connectivity index (χ3v) is 4.10.